The summed E-state index contributed by atoms with van der Waals surface area (Å²) in [4.78, 5) is 11.8. The molecule has 0 bridgehead atoms. The van der Waals surface area contributed by atoms with Crippen molar-refractivity contribution in [1.29, 1.82) is 0 Å². The molecule has 1 rings (SSSR count). The van der Waals surface area contributed by atoms with Crippen LogP contribution in [0.15, 0.2) is 18.2 Å². The number of nitrogens with one attached hydrogen (secondary N) is 1. The molecule has 0 fully saturated rings. The number of esters is 1. The van der Waals surface area contributed by atoms with Gasteiger partial charge in [0.15, 0.2) is 0 Å². The Morgan fingerprint density at radius 2 is 2.39 bits per heavy atom. The molecule has 0 aliphatic carbocycles. The number of terminal acetylenes is 1. The Labute approximate surface area is 110 Å². The maximum Gasteiger partial charge on any atom is 0.327 e. The highest BCUT2D eigenvalue weighted by molar-refractivity contribution is 6.30. The highest BCUT2D eigenvalue weighted by Crippen LogP contribution is 2.22. The lowest BCUT2D eigenvalue weighted by molar-refractivity contribution is -0.145. The van der Waals surface area contributed by atoms with Crippen LogP contribution in [0.1, 0.15) is 18.5 Å². The highest BCUT2D eigenvalue weighted by atomic mass is 35.5. The van der Waals surface area contributed by atoms with Crippen molar-refractivity contribution in [2.24, 2.45) is 0 Å². The molecule has 0 spiro atoms. The summed E-state index contributed by atoms with van der Waals surface area (Å²) >= 11 is 5.79. The second kappa shape index (κ2) is 7.00. The molecule has 3 nitrogen and oxygen atoms in total. The second-order valence-corrected chi connectivity index (χ2v) is 3.87. The summed E-state index contributed by atoms with van der Waals surface area (Å²) in [5.41, 5.74) is 0.121. The Hall–Kier alpha value is -1.57. The first kappa shape index (κ1) is 14.5. The van der Waals surface area contributed by atoms with Gasteiger partial charge in [0.1, 0.15) is 11.9 Å². The van der Waals surface area contributed by atoms with Crippen molar-refractivity contribution in [3.63, 3.8) is 0 Å². The van der Waals surface area contributed by atoms with Crippen LogP contribution >= 0.6 is 11.6 Å². The number of hydrogen-bond donors (Lipinski definition) is 1. The van der Waals surface area contributed by atoms with Crippen molar-refractivity contribution in [1.82, 2.24) is 5.32 Å². The Morgan fingerprint density at radius 3 is 3.00 bits per heavy atom. The van der Waals surface area contributed by atoms with E-state index in [-0.39, 0.29) is 18.7 Å². The molecule has 0 amide bonds. The first-order chi connectivity index (χ1) is 8.60. The summed E-state index contributed by atoms with van der Waals surface area (Å²) in [5.74, 6) is 1.20. The summed E-state index contributed by atoms with van der Waals surface area (Å²) in [6, 6.07) is 3.02. The summed E-state index contributed by atoms with van der Waals surface area (Å²) in [7, 11) is 0. The van der Waals surface area contributed by atoms with Gasteiger partial charge in [-0.3, -0.25) is 5.32 Å². The van der Waals surface area contributed by atoms with Gasteiger partial charge in [0.05, 0.1) is 13.2 Å². The zero-order valence-electron chi connectivity index (χ0n) is 9.87. The third-order valence-corrected chi connectivity index (χ3v) is 2.43. The van der Waals surface area contributed by atoms with E-state index in [9.17, 15) is 9.18 Å². The second-order valence-electron chi connectivity index (χ2n) is 3.44. The van der Waals surface area contributed by atoms with E-state index in [1.54, 1.807) is 6.92 Å². The molecular weight excluding hydrogens is 257 g/mol. The molecule has 18 heavy (non-hydrogen) atoms. The van der Waals surface area contributed by atoms with Gasteiger partial charge in [-0.15, -0.1) is 6.42 Å². The van der Waals surface area contributed by atoms with Gasteiger partial charge in [-0.1, -0.05) is 17.5 Å². The van der Waals surface area contributed by atoms with Gasteiger partial charge in [-0.2, -0.15) is 0 Å². The van der Waals surface area contributed by atoms with E-state index < -0.39 is 17.8 Å². The molecular formula is C13H13ClFNO2. The van der Waals surface area contributed by atoms with Crippen molar-refractivity contribution in [3.8, 4) is 12.3 Å². The molecule has 0 heterocycles. The normalized spacial score (nSPS) is 11.7. The number of rotatable bonds is 5. The molecule has 5 heteroatoms. The van der Waals surface area contributed by atoms with Crippen LogP contribution in [-0.4, -0.2) is 19.1 Å². The van der Waals surface area contributed by atoms with Crippen LogP contribution in [0.5, 0.6) is 0 Å². The lowest BCUT2D eigenvalue weighted by atomic mass is 10.1. The zero-order chi connectivity index (χ0) is 13.5. The fourth-order valence-electron chi connectivity index (χ4n) is 1.44. The third-order valence-electron chi connectivity index (χ3n) is 2.20. The zero-order valence-corrected chi connectivity index (χ0v) is 10.6. The monoisotopic (exact) mass is 269 g/mol. The van der Waals surface area contributed by atoms with Gasteiger partial charge in [0, 0.05) is 10.6 Å². The summed E-state index contributed by atoms with van der Waals surface area (Å²) < 4.78 is 18.6. The van der Waals surface area contributed by atoms with Crippen LogP contribution < -0.4 is 5.32 Å². The third kappa shape index (κ3) is 3.73. The van der Waals surface area contributed by atoms with Gasteiger partial charge in [0.2, 0.25) is 0 Å². The highest BCUT2D eigenvalue weighted by Gasteiger charge is 2.24. The summed E-state index contributed by atoms with van der Waals surface area (Å²) in [5, 5.41) is 3.07. The minimum absolute atomic E-state index is 0.120. The van der Waals surface area contributed by atoms with E-state index in [0.717, 1.165) is 0 Å². The average Bonchev–Trinajstić information content (AvgIpc) is 2.34. The molecule has 0 saturated heterocycles. The van der Waals surface area contributed by atoms with Gasteiger partial charge in [-0.05, 0) is 25.1 Å². The maximum atomic E-state index is 13.7. The van der Waals surface area contributed by atoms with Gasteiger partial charge in [0.25, 0.3) is 0 Å². The van der Waals surface area contributed by atoms with Crippen molar-refractivity contribution in [2.45, 2.75) is 13.0 Å². The Morgan fingerprint density at radius 1 is 1.67 bits per heavy atom. The number of benzene rings is 1. The predicted octanol–water partition coefficient (Wildman–Crippen LogP) is 2.31. The van der Waals surface area contributed by atoms with E-state index in [0.29, 0.717) is 5.02 Å². The fraction of sp³-hybridized carbons (Fsp3) is 0.308. The van der Waals surface area contributed by atoms with Crippen molar-refractivity contribution in [3.05, 3.63) is 34.6 Å². The molecule has 1 aromatic rings. The number of hydrogen-bond acceptors (Lipinski definition) is 3. The number of carbonyl (C=O) groups excluding carboxylic acids is 1. The minimum atomic E-state index is -0.959. The molecule has 96 valence electrons. The minimum Gasteiger partial charge on any atom is -0.465 e. The molecule has 1 N–H and O–H groups in total. The smallest absolute Gasteiger partial charge is 0.327 e. The number of ether oxygens (including phenoxy) is 1. The van der Waals surface area contributed by atoms with E-state index in [4.69, 9.17) is 22.8 Å². The Kier molecular flexibility index (Phi) is 5.63. The van der Waals surface area contributed by atoms with Gasteiger partial charge in [-0.25, -0.2) is 9.18 Å². The quantitative estimate of drug-likeness (QED) is 0.658. The first-order valence-electron chi connectivity index (χ1n) is 5.38. The molecule has 0 aromatic heterocycles. The van der Waals surface area contributed by atoms with Crippen LogP contribution in [0.25, 0.3) is 0 Å². The Bertz CT molecular complexity index is 471. The van der Waals surface area contributed by atoms with Crippen molar-refractivity contribution < 1.29 is 13.9 Å². The largest absolute Gasteiger partial charge is 0.465 e. The first-order valence-corrected chi connectivity index (χ1v) is 5.76. The topological polar surface area (TPSA) is 38.3 Å². The maximum absolute atomic E-state index is 13.7. The molecule has 0 saturated carbocycles. The van der Waals surface area contributed by atoms with Gasteiger partial charge < -0.3 is 4.74 Å². The van der Waals surface area contributed by atoms with Crippen molar-refractivity contribution in [2.75, 3.05) is 13.2 Å². The Balaban J connectivity index is 3.04. The molecule has 0 radical (unpaired) electrons. The van der Waals surface area contributed by atoms with E-state index in [1.165, 1.54) is 18.2 Å². The van der Waals surface area contributed by atoms with E-state index >= 15 is 0 Å². The van der Waals surface area contributed by atoms with Crippen LogP contribution in [0.3, 0.4) is 0 Å². The predicted molar refractivity (Wildman–Crippen MR) is 67.6 cm³/mol. The van der Waals surface area contributed by atoms with E-state index in [1.807, 2.05) is 0 Å². The average molecular weight is 270 g/mol. The molecule has 1 atom stereocenters. The van der Waals surface area contributed by atoms with Crippen LogP contribution in [0, 0.1) is 18.2 Å². The lowest BCUT2D eigenvalue weighted by Crippen LogP contribution is -2.31. The van der Waals surface area contributed by atoms with Gasteiger partial charge >= 0.3 is 5.97 Å². The SMILES string of the molecule is C#CCNC(C(=O)OCC)c1cc(Cl)ccc1F. The molecule has 0 aliphatic heterocycles. The molecule has 1 aromatic carbocycles. The van der Waals surface area contributed by atoms with Crippen LogP contribution in [0.2, 0.25) is 5.02 Å². The number of halogens is 2. The molecule has 1 unspecified atom stereocenters. The van der Waals surface area contributed by atoms with E-state index in [2.05, 4.69) is 11.2 Å². The molecule has 0 aliphatic rings. The summed E-state index contributed by atoms with van der Waals surface area (Å²) in [6.07, 6.45) is 5.11. The fourth-order valence-corrected chi connectivity index (χ4v) is 1.62. The standard InChI is InChI=1S/C13H13ClFNO2/c1-3-7-16-12(13(17)18-4-2)10-8-9(14)5-6-11(10)15/h1,5-6,8,12,16H,4,7H2,2H3. The summed E-state index contributed by atoms with van der Waals surface area (Å²) in [6.45, 7) is 2.00. The lowest BCUT2D eigenvalue weighted by Gasteiger charge is -2.17. The van der Waals surface area contributed by atoms with Crippen molar-refractivity contribution >= 4 is 17.6 Å². The van der Waals surface area contributed by atoms with Crippen LogP contribution in [0.4, 0.5) is 4.39 Å². The van der Waals surface area contributed by atoms with Crippen LogP contribution in [-0.2, 0) is 9.53 Å². The number of carbonyl (C=O) groups is 1.